The predicted octanol–water partition coefficient (Wildman–Crippen LogP) is 2.05. The van der Waals surface area contributed by atoms with Crippen LogP contribution >= 0.6 is 11.3 Å². The molecule has 0 aliphatic heterocycles. The van der Waals surface area contributed by atoms with E-state index in [0.29, 0.717) is 6.54 Å². The van der Waals surface area contributed by atoms with Gasteiger partial charge in [0.25, 0.3) is 0 Å². The van der Waals surface area contributed by atoms with Gasteiger partial charge in [-0.2, -0.15) is 0 Å². The highest BCUT2D eigenvalue weighted by atomic mass is 32.1. The van der Waals surface area contributed by atoms with Crippen LogP contribution in [0.5, 0.6) is 0 Å². The third-order valence-corrected chi connectivity index (χ3v) is 3.27. The first-order chi connectivity index (χ1) is 7.45. The van der Waals surface area contributed by atoms with Crippen molar-refractivity contribution in [2.45, 2.75) is 45.7 Å². The summed E-state index contributed by atoms with van der Waals surface area (Å²) in [6.45, 7) is 5.91. The van der Waals surface area contributed by atoms with Crippen LogP contribution in [0.2, 0.25) is 0 Å². The summed E-state index contributed by atoms with van der Waals surface area (Å²) in [4.78, 5) is 15.3. The Morgan fingerprint density at radius 1 is 1.62 bits per heavy atom. The predicted molar refractivity (Wildman–Crippen MR) is 64.7 cm³/mol. The van der Waals surface area contributed by atoms with E-state index in [0.717, 1.165) is 23.5 Å². The van der Waals surface area contributed by atoms with Gasteiger partial charge in [0.2, 0.25) is 0 Å². The number of aromatic nitrogens is 1. The van der Waals surface area contributed by atoms with Gasteiger partial charge in [0.15, 0.2) is 0 Å². The van der Waals surface area contributed by atoms with Crippen LogP contribution < -0.4 is 5.32 Å². The zero-order chi connectivity index (χ0) is 12.2. The summed E-state index contributed by atoms with van der Waals surface area (Å²) >= 11 is 1.63. The highest BCUT2D eigenvalue weighted by Crippen LogP contribution is 2.12. The molecule has 0 aliphatic rings. The molecule has 0 spiro atoms. The molecule has 1 rings (SSSR count). The van der Waals surface area contributed by atoms with Crippen LogP contribution in [-0.2, 0) is 17.8 Å². The van der Waals surface area contributed by atoms with Gasteiger partial charge < -0.3 is 5.11 Å². The number of nitrogens with one attached hydrogen (secondary N) is 1. The van der Waals surface area contributed by atoms with E-state index in [-0.39, 0.29) is 0 Å². The van der Waals surface area contributed by atoms with Crippen molar-refractivity contribution in [1.29, 1.82) is 0 Å². The molecule has 16 heavy (non-hydrogen) atoms. The van der Waals surface area contributed by atoms with Crippen molar-refractivity contribution in [2.24, 2.45) is 0 Å². The maximum atomic E-state index is 10.9. The first-order valence-electron chi connectivity index (χ1n) is 5.37. The highest BCUT2D eigenvalue weighted by molar-refractivity contribution is 7.09. The minimum Gasteiger partial charge on any atom is -0.480 e. The fourth-order valence-electron chi connectivity index (χ4n) is 1.15. The van der Waals surface area contributed by atoms with Crippen molar-refractivity contribution in [3.8, 4) is 0 Å². The number of hydrogen-bond donors (Lipinski definition) is 2. The molecule has 90 valence electrons. The molecule has 0 radical (unpaired) electrons. The number of thiazole rings is 1. The van der Waals surface area contributed by atoms with E-state index < -0.39 is 11.5 Å². The molecule has 1 aromatic rings. The Kier molecular flexibility index (Phi) is 4.44. The third-order valence-electron chi connectivity index (χ3n) is 2.31. The summed E-state index contributed by atoms with van der Waals surface area (Å²) in [5.41, 5.74) is 0.0110. The normalized spacial score (nSPS) is 11.7. The first-order valence-corrected chi connectivity index (χ1v) is 6.25. The second kappa shape index (κ2) is 5.41. The second-order valence-corrected chi connectivity index (χ2v) is 5.21. The van der Waals surface area contributed by atoms with E-state index >= 15 is 0 Å². The topological polar surface area (TPSA) is 62.2 Å². The van der Waals surface area contributed by atoms with E-state index in [4.69, 9.17) is 5.11 Å². The van der Waals surface area contributed by atoms with E-state index in [1.807, 2.05) is 5.38 Å². The minimum atomic E-state index is -0.908. The second-order valence-electron chi connectivity index (χ2n) is 4.27. The average molecular weight is 242 g/mol. The molecule has 0 aliphatic carbocycles. The van der Waals surface area contributed by atoms with Crippen LogP contribution in [0.1, 0.15) is 37.9 Å². The summed E-state index contributed by atoms with van der Waals surface area (Å²) in [6, 6.07) is 0. The molecule has 2 N–H and O–H groups in total. The highest BCUT2D eigenvalue weighted by Gasteiger charge is 2.26. The molecule has 0 saturated heterocycles. The van der Waals surface area contributed by atoms with E-state index in [1.165, 1.54) is 0 Å². The Morgan fingerprint density at radius 2 is 2.31 bits per heavy atom. The third kappa shape index (κ3) is 3.57. The molecule has 1 aromatic heterocycles. The molecular formula is C11H18N2O2S. The first kappa shape index (κ1) is 13.1. The molecule has 0 aromatic carbocycles. The Hall–Kier alpha value is -0.940. The molecule has 0 fully saturated rings. The van der Waals surface area contributed by atoms with Gasteiger partial charge in [-0.3, -0.25) is 10.1 Å². The van der Waals surface area contributed by atoms with Crippen LogP contribution in [-0.4, -0.2) is 21.6 Å². The van der Waals surface area contributed by atoms with Gasteiger partial charge in [0.1, 0.15) is 5.54 Å². The summed E-state index contributed by atoms with van der Waals surface area (Å²) in [7, 11) is 0. The zero-order valence-electron chi connectivity index (χ0n) is 9.91. The lowest BCUT2D eigenvalue weighted by Gasteiger charge is -2.20. The van der Waals surface area contributed by atoms with Gasteiger partial charge in [-0.15, -0.1) is 11.3 Å². The van der Waals surface area contributed by atoms with Crippen LogP contribution in [0.25, 0.3) is 0 Å². The molecule has 0 amide bonds. The summed E-state index contributed by atoms with van der Waals surface area (Å²) in [5.74, 6) is -0.850. The van der Waals surface area contributed by atoms with Crippen molar-refractivity contribution < 1.29 is 9.90 Å². The lowest BCUT2D eigenvalue weighted by Crippen LogP contribution is -2.46. The van der Waals surface area contributed by atoms with E-state index in [1.54, 1.807) is 25.2 Å². The SMILES string of the molecule is CCCc1nc(CNC(C)(C)C(=O)O)cs1. The maximum Gasteiger partial charge on any atom is 0.323 e. The standard InChI is InChI=1S/C11H18N2O2S/c1-4-5-9-13-8(7-16-9)6-12-11(2,3)10(14)15/h7,12H,4-6H2,1-3H3,(H,14,15). The Bertz CT molecular complexity index is 361. The summed E-state index contributed by atoms with van der Waals surface area (Å²) in [6.07, 6.45) is 2.08. The average Bonchev–Trinajstić information content (AvgIpc) is 2.63. The van der Waals surface area contributed by atoms with Crippen LogP contribution in [0.4, 0.5) is 0 Å². The van der Waals surface area contributed by atoms with E-state index in [2.05, 4.69) is 17.2 Å². The minimum absolute atomic E-state index is 0.500. The fourth-order valence-corrected chi connectivity index (χ4v) is 2.05. The largest absolute Gasteiger partial charge is 0.480 e. The van der Waals surface area contributed by atoms with Crippen molar-refractivity contribution in [3.05, 3.63) is 16.1 Å². The number of aliphatic carboxylic acids is 1. The van der Waals surface area contributed by atoms with Crippen molar-refractivity contribution in [1.82, 2.24) is 10.3 Å². The van der Waals surface area contributed by atoms with Gasteiger partial charge >= 0.3 is 5.97 Å². The summed E-state index contributed by atoms with van der Waals surface area (Å²) < 4.78 is 0. The van der Waals surface area contributed by atoms with Gasteiger partial charge in [-0.05, 0) is 26.7 Å². The van der Waals surface area contributed by atoms with Crippen molar-refractivity contribution in [3.63, 3.8) is 0 Å². The van der Waals surface area contributed by atoms with Crippen molar-refractivity contribution >= 4 is 17.3 Å². The Labute approximate surface area is 99.7 Å². The maximum absolute atomic E-state index is 10.9. The molecule has 4 nitrogen and oxygen atoms in total. The number of carboxylic acid groups (broad SMARTS) is 1. The number of hydrogen-bond acceptors (Lipinski definition) is 4. The van der Waals surface area contributed by atoms with Gasteiger partial charge in [-0.25, -0.2) is 4.98 Å². The fraction of sp³-hybridized carbons (Fsp3) is 0.636. The van der Waals surface area contributed by atoms with Crippen LogP contribution in [0.15, 0.2) is 5.38 Å². The van der Waals surface area contributed by atoms with E-state index in [9.17, 15) is 4.79 Å². The number of carboxylic acids is 1. The number of aryl methyl sites for hydroxylation is 1. The monoisotopic (exact) mass is 242 g/mol. The molecule has 0 atom stereocenters. The van der Waals surface area contributed by atoms with Crippen molar-refractivity contribution in [2.75, 3.05) is 0 Å². The zero-order valence-corrected chi connectivity index (χ0v) is 10.7. The smallest absolute Gasteiger partial charge is 0.323 e. The van der Waals surface area contributed by atoms with Crippen LogP contribution in [0, 0.1) is 0 Å². The number of carbonyl (C=O) groups is 1. The molecule has 0 unspecified atom stereocenters. The molecule has 5 heteroatoms. The van der Waals surface area contributed by atoms with Gasteiger partial charge in [0.05, 0.1) is 10.7 Å². The Balaban J connectivity index is 2.51. The summed E-state index contributed by atoms with van der Waals surface area (Å²) in [5, 5.41) is 15.0. The lowest BCUT2D eigenvalue weighted by molar-refractivity contribution is -0.143. The number of nitrogens with zero attached hydrogens (tertiary/aromatic N) is 1. The Morgan fingerprint density at radius 3 is 2.88 bits per heavy atom. The molecule has 0 bridgehead atoms. The quantitative estimate of drug-likeness (QED) is 0.801. The number of rotatable bonds is 6. The van der Waals surface area contributed by atoms with Gasteiger partial charge in [-0.1, -0.05) is 6.92 Å². The van der Waals surface area contributed by atoms with Gasteiger partial charge in [0, 0.05) is 11.9 Å². The molecule has 0 saturated carbocycles. The lowest BCUT2D eigenvalue weighted by atomic mass is 10.1. The molecular weight excluding hydrogens is 224 g/mol. The molecule has 1 heterocycles. The van der Waals surface area contributed by atoms with Crippen LogP contribution in [0.3, 0.4) is 0 Å².